The number of aliphatic carboxylic acids is 1. The van der Waals surface area contributed by atoms with Crippen molar-refractivity contribution >= 4 is 33.5 Å². The van der Waals surface area contributed by atoms with Gasteiger partial charge in [-0.2, -0.15) is 0 Å². The van der Waals surface area contributed by atoms with E-state index in [9.17, 15) is 4.79 Å². The van der Waals surface area contributed by atoms with Gasteiger partial charge in [0.25, 0.3) is 0 Å². The molecule has 1 aliphatic carbocycles. The average Bonchev–Trinajstić information content (AvgIpc) is 2.73. The Labute approximate surface area is 168 Å². The second kappa shape index (κ2) is 7.91. The van der Waals surface area contributed by atoms with Crippen molar-refractivity contribution < 1.29 is 14.3 Å². The number of carbonyl (C=O) groups is 1. The quantitative estimate of drug-likeness (QED) is 0.298. The van der Waals surface area contributed by atoms with Gasteiger partial charge in [0, 0.05) is 35.1 Å². The summed E-state index contributed by atoms with van der Waals surface area (Å²) in [6.45, 7) is 6.45. The lowest BCUT2D eigenvalue weighted by Gasteiger charge is -2.13. The predicted molar refractivity (Wildman–Crippen MR) is 115 cm³/mol. The number of fused-ring (bicyclic) bond motifs is 4. The van der Waals surface area contributed by atoms with Gasteiger partial charge in [0.05, 0.1) is 12.5 Å². The van der Waals surface area contributed by atoms with Gasteiger partial charge in [-0.15, -0.1) is 0 Å². The van der Waals surface area contributed by atoms with Crippen LogP contribution in [0.4, 0.5) is 5.69 Å². The van der Waals surface area contributed by atoms with Crippen LogP contribution in [0, 0.1) is 0 Å². The van der Waals surface area contributed by atoms with Gasteiger partial charge >= 0.3 is 5.97 Å². The van der Waals surface area contributed by atoms with E-state index in [1.807, 2.05) is 42.5 Å². The van der Waals surface area contributed by atoms with Gasteiger partial charge in [-0.25, -0.2) is 9.56 Å². The zero-order valence-electron chi connectivity index (χ0n) is 16.6. The van der Waals surface area contributed by atoms with Crippen LogP contribution in [0.5, 0.6) is 0 Å². The summed E-state index contributed by atoms with van der Waals surface area (Å²) in [7, 11) is 0. The third-order valence-corrected chi connectivity index (χ3v) is 5.16. The fourth-order valence-electron chi connectivity index (χ4n) is 3.68. The van der Waals surface area contributed by atoms with Crippen molar-refractivity contribution in [1.82, 2.24) is 9.56 Å². The first-order valence-corrected chi connectivity index (χ1v) is 9.90. The fraction of sp³-hybridized carbons (Fsp3) is 0.261. The number of aromatic nitrogens is 1. The zero-order valence-corrected chi connectivity index (χ0v) is 16.6. The number of carboxylic acids is 1. The van der Waals surface area contributed by atoms with Crippen molar-refractivity contribution in [3.8, 4) is 11.5 Å². The number of hydrogen-bond acceptors (Lipinski definition) is 4. The molecule has 0 amide bonds. The van der Waals surface area contributed by atoms with Gasteiger partial charge in [0.2, 0.25) is 5.36 Å². The number of carboxylic acid groups (broad SMARTS) is 1. The molecule has 0 bridgehead atoms. The maximum atomic E-state index is 10.9. The van der Waals surface area contributed by atoms with E-state index in [0.29, 0.717) is 12.1 Å². The first-order valence-electron chi connectivity index (χ1n) is 9.90. The Morgan fingerprint density at radius 3 is 2.59 bits per heavy atom. The molecule has 6 nitrogen and oxygen atoms in total. The molecule has 148 valence electrons. The van der Waals surface area contributed by atoms with E-state index in [1.165, 1.54) is 0 Å². The van der Waals surface area contributed by atoms with Crippen molar-refractivity contribution in [1.29, 1.82) is 0 Å². The van der Waals surface area contributed by atoms with Crippen LogP contribution in [0.1, 0.15) is 20.3 Å². The molecule has 0 saturated carbocycles. The normalized spacial score (nSPS) is 11.2. The van der Waals surface area contributed by atoms with E-state index in [0.717, 1.165) is 51.9 Å². The van der Waals surface area contributed by atoms with E-state index in [-0.39, 0.29) is 6.42 Å². The molecule has 0 radical (unpaired) electrons. The zero-order chi connectivity index (χ0) is 20.4. The average molecular weight is 390 g/mol. The van der Waals surface area contributed by atoms with Crippen LogP contribution < -0.4 is 15.2 Å². The minimum atomic E-state index is -0.830. The Hall–Kier alpha value is -3.41. The molecule has 0 fully saturated rings. The van der Waals surface area contributed by atoms with Crippen LogP contribution in [0.15, 0.2) is 52.9 Å². The second-order valence-electron chi connectivity index (χ2n) is 6.93. The van der Waals surface area contributed by atoms with Gasteiger partial charge in [-0.3, -0.25) is 4.79 Å². The molecule has 0 saturated heterocycles. The summed E-state index contributed by atoms with van der Waals surface area (Å²) in [6.07, 6.45) is 0.0483. The minimum Gasteiger partial charge on any atom is -0.481 e. The highest BCUT2D eigenvalue weighted by molar-refractivity contribution is 6.10. The molecule has 2 aromatic carbocycles. The summed E-state index contributed by atoms with van der Waals surface area (Å²) < 4.78 is 8.52. The molecular formula is C23H24N3O3+. The van der Waals surface area contributed by atoms with Crippen molar-refractivity contribution in [3.63, 3.8) is 0 Å². The molecule has 2 aliphatic rings. The smallest absolute Gasteiger partial charge is 0.305 e. The first kappa shape index (κ1) is 18.9. The molecule has 29 heavy (non-hydrogen) atoms. The molecule has 2 N–H and O–H groups in total. The second-order valence-corrected chi connectivity index (χ2v) is 6.93. The van der Waals surface area contributed by atoms with Gasteiger partial charge in [0.1, 0.15) is 24.3 Å². The van der Waals surface area contributed by atoms with E-state index in [1.54, 1.807) is 0 Å². The van der Waals surface area contributed by atoms with E-state index < -0.39 is 5.97 Å². The highest BCUT2D eigenvalue weighted by atomic mass is 16.4. The third-order valence-electron chi connectivity index (χ3n) is 5.16. The lowest BCUT2D eigenvalue weighted by Crippen LogP contribution is -2.29. The molecular weight excluding hydrogens is 366 g/mol. The Bertz CT molecular complexity index is 1240. The summed E-state index contributed by atoms with van der Waals surface area (Å²) in [5, 5.41) is 15.2. The van der Waals surface area contributed by atoms with Crippen LogP contribution in [0.25, 0.3) is 33.3 Å². The highest BCUT2D eigenvalue weighted by Gasteiger charge is 2.15. The Morgan fingerprint density at radius 2 is 1.86 bits per heavy atom. The molecule has 4 rings (SSSR count). The number of nitrogens with one attached hydrogen (secondary N) is 1. The van der Waals surface area contributed by atoms with Crippen molar-refractivity contribution in [2.24, 2.45) is 0 Å². The van der Waals surface area contributed by atoms with Gasteiger partial charge in [-0.05, 0) is 19.9 Å². The molecule has 0 aromatic heterocycles. The van der Waals surface area contributed by atoms with E-state index in [2.05, 4.69) is 29.8 Å². The molecule has 2 aromatic rings. The summed E-state index contributed by atoms with van der Waals surface area (Å²) >= 11 is 0. The van der Waals surface area contributed by atoms with Crippen molar-refractivity contribution in [2.45, 2.75) is 20.3 Å². The summed E-state index contributed by atoms with van der Waals surface area (Å²) in [4.78, 5) is 15.7. The Morgan fingerprint density at radius 1 is 1.10 bits per heavy atom. The summed E-state index contributed by atoms with van der Waals surface area (Å²) in [5.74, 6) is -0.0995. The predicted octanol–water partition coefficient (Wildman–Crippen LogP) is 3.78. The molecule has 1 heterocycles. The topological polar surface area (TPSA) is 78.4 Å². The van der Waals surface area contributed by atoms with Crippen LogP contribution in [0.2, 0.25) is 0 Å². The minimum absolute atomic E-state index is 0.0483. The Balaban J connectivity index is 1.93. The van der Waals surface area contributed by atoms with Crippen molar-refractivity contribution in [2.75, 3.05) is 25.0 Å². The largest absolute Gasteiger partial charge is 0.481 e. The molecule has 0 spiro atoms. The molecule has 0 atom stereocenters. The molecule has 6 heteroatoms. The molecule has 0 unspecified atom stereocenters. The van der Waals surface area contributed by atoms with Crippen LogP contribution in [-0.4, -0.2) is 35.7 Å². The number of benzene rings is 3. The van der Waals surface area contributed by atoms with E-state index >= 15 is 0 Å². The van der Waals surface area contributed by atoms with E-state index in [4.69, 9.17) is 14.5 Å². The van der Waals surface area contributed by atoms with Crippen LogP contribution in [0.3, 0.4) is 0 Å². The standard InChI is InChI=1S/C23H23N3O3/c1-3-26(4-2)15-9-10-18-20(13-15)29-21-14-19(24-12-11-22(27)28)16-7-5-6-8-17(16)23(21)25-18/h5-10,13-14H,3-4,11-12H2,1-2H3,(H,27,28)/p+1. The number of nitrogens with zero attached hydrogens (tertiary/aromatic N) is 2. The van der Waals surface area contributed by atoms with Crippen molar-refractivity contribution in [3.05, 3.63) is 53.9 Å². The first-order chi connectivity index (χ1) is 14.1. The Kier molecular flexibility index (Phi) is 5.16. The lowest BCUT2D eigenvalue weighted by molar-refractivity contribution is -0.136. The number of rotatable bonds is 6. The van der Waals surface area contributed by atoms with Gasteiger partial charge in [0.15, 0.2) is 11.3 Å². The summed E-state index contributed by atoms with van der Waals surface area (Å²) in [6, 6.07) is 16.0. The fourth-order valence-corrected chi connectivity index (χ4v) is 3.68. The van der Waals surface area contributed by atoms with Gasteiger partial charge < -0.3 is 14.8 Å². The van der Waals surface area contributed by atoms with Gasteiger partial charge in [-0.1, -0.05) is 24.3 Å². The maximum Gasteiger partial charge on any atom is 0.305 e. The lowest BCUT2D eigenvalue weighted by atomic mass is 10.1. The molecule has 1 aliphatic heterocycles. The van der Waals surface area contributed by atoms with Crippen LogP contribution in [-0.2, 0) is 4.79 Å². The third kappa shape index (κ3) is 3.66. The number of hydrogen-bond donors (Lipinski definition) is 2. The highest BCUT2D eigenvalue weighted by Crippen LogP contribution is 2.33. The van der Waals surface area contributed by atoms with Crippen LogP contribution >= 0.6 is 0 Å². The monoisotopic (exact) mass is 390 g/mol. The number of anilines is 1. The SMILES string of the molecule is CC[N+](CC)=c1ccc2nc3c(cc(NCCC(=O)O)c4ccccc43)oc-2c1. The summed E-state index contributed by atoms with van der Waals surface area (Å²) in [5.41, 5.74) is 3.13. The maximum absolute atomic E-state index is 10.9.